The highest BCUT2D eigenvalue weighted by molar-refractivity contribution is 5.81. The summed E-state index contributed by atoms with van der Waals surface area (Å²) in [6, 6.07) is 16.4. The molecular weight excluding hydrogens is 524 g/mol. The first kappa shape index (κ1) is 33.2. The fourth-order valence-electron chi connectivity index (χ4n) is 6.26. The summed E-state index contributed by atoms with van der Waals surface area (Å²) in [6.07, 6.45) is 10.9. The molecule has 4 rings (SSSR count). The number of fused-ring (bicyclic) bond motifs is 2. The Hall–Kier alpha value is -3.31. The van der Waals surface area contributed by atoms with Gasteiger partial charge in [-0.05, 0) is 93.2 Å². The predicted molar refractivity (Wildman–Crippen MR) is 172 cm³/mol. The van der Waals surface area contributed by atoms with E-state index in [1.54, 1.807) is 6.26 Å². The van der Waals surface area contributed by atoms with Crippen molar-refractivity contribution < 1.29 is 23.7 Å². The van der Waals surface area contributed by atoms with Crippen molar-refractivity contribution in [3.05, 3.63) is 90.7 Å². The zero-order valence-corrected chi connectivity index (χ0v) is 26.7. The predicted octanol–water partition coefficient (Wildman–Crippen LogP) is 9.03. The van der Waals surface area contributed by atoms with Gasteiger partial charge in [0.15, 0.2) is 6.29 Å². The van der Waals surface area contributed by atoms with Crippen LogP contribution in [0.3, 0.4) is 0 Å². The molecule has 2 bridgehead atoms. The molecule has 0 saturated heterocycles. The van der Waals surface area contributed by atoms with Crippen LogP contribution in [0.5, 0.6) is 5.75 Å². The Morgan fingerprint density at radius 2 is 1.69 bits per heavy atom. The maximum Gasteiger partial charge on any atom is 0.330 e. The first-order valence-electron chi connectivity index (χ1n) is 15.1. The number of hydrogen-bond donors (Lipinski definition) is 0. The zero-order chi connectivity index (χ0) is 31.0. The number of carbonyl (C=O) groups excluding carboxylic acids is 1. The summed E-state index contributed by atoms with van der Waals surface area (Å²) in [4.78, 5) is 11.3. The van der Waals surface area contributed by atoms with Crippen LogP contribution in [0.15, 0.2) is 74.0 Å². The SMILES string of the molecule is C=CC(=O)OC1CC2CCC1(C)C2(C)C.C=Cc1ccc(OC(C)(C)Cc2ccc(C=COC(C)OCC)cc2)cc1. The summed E-state index contributed by atoms with van der Waals surface area (Å²) < 4.78 is 22.4. The fraction of sp³-hybridized carbons (Fsp3) is 0.486. The number of benzene rings is 2. The van der Waals surface area contributed by atoms with Crippen molar-refractivity contribution in [3.63, 3.8) is 0 Å². The Kier molecular flexibility index (Phi) is 11.3. The van der Waals surface area contributed by atoms with E-state index in [-0.39, 0.29) is 29.4 Å². The lowest BCUT2D eigenvalue weighted by Gasteiger charge is -2.38. The number of esters is 1. The fourth-order valence-corrected chi connectivity index (χ4v) is 6.26. The van der Waals surface area contributed by atoms with E-state index >= 15 is 0 Å². The molecule has 0 radical (unpaired) electrons. The Bertz CT molecular complexity index is 1210. The highest BCUT2D eigenvalue weighted by atomic mass is 16.7. The molecule has 0 heterocycles. The molecule has 0 aliphatic heterocycles. The highest BCUT2D eigenvalue weighted by Crippen LogP contribution is 2.66. The molecule has 0 aromatic heterocycles. The summed E-state index contributed by atoms with van der Waals surface area (Å²) in [5.74, 6) is 1.31. The molecule has 4 unspecified atom stereocenters. The van der Waals surface area contributed by atoms with E-state index in [1.807, 2.05) is 50.3 Å². The van der Waals surface area contributed by atoms with Gasteiger partial charge in [0.25, 0.3) is 0 Å². The van der Waals surface area contributed by atoms with Gasteiger partial charge in [-0.1, -0.05) is 76.4 Å². The van der Waals surface area contributed by atoms with Gasteiger partial charge in [0.05, 0.1) is 6.26 Å². The average molecular weight is 575 g/mol. The molecule has 0 spiro atoms. The van der Waals surface area contributed by atoms with Crippen molar-refractivity contribution in [2.75, 3.05) is 6.61 Å². The molecule has 2 aliphatic rings. The molecule has 42 heavy (non-hydrogen) atoms. The molecule has 4 atom stereocenters. The van der Waals surface area contributed by atoms with Crippen molar-refractivity contribution in [1.82, 2.24) is 0 Å². The van der Waals surface area contributed by atoms with Crippen LogP contribution in [-0.2, 0) is 25.4 Å². The maximum atomic E-state index is 11.3. The Morgan fingerprint density at radius 3 is 2.21 bits per heavy atom. The standard InChI is InChI=1S/C24H30O3.C13H20O2/c1-6-20-12-14-23(15-13-20)27-24(4,5)18-22-10-8-21(9-11-22)16-17-26-19(3)25-7-2;1-5-11(14)15-10-8-9-6-7-13(10,4)12(9,2)3/h6,8-17,19H,1,7,18H2,2-5H3;5,9-10H,1,6-8H2,2-4H3. The second kappa shape index (κ2) is 14.2. The summed E-state index contributed by atoms with van der Waals surface area (Å²) in [6.45, 7) is 22.8. The van der Waals surface area contributed by atoms with Crippen LogP contribution in [0.4, 0.5) is 0 Å². The third-order valence-corrected chi connectivity index (χ3v) is 9.19. The molecule has 0 N–H and O–H groups in total. The molecule has 2 aromatic rings. The maximum absolute atomic E-state index is 11.3. The van der Waals surface area contributed by atoms with Gasteiger partial charge in [0.2, 0.25) is 0 Å². The molecule has 5 nitrogen and oxygen atoms in total. The third-order valence-electron chi connectivity index (χ3n) is 9.19. The topological polar surface area (TPSA) is 54.0 Å². The van der Waals surface area contributed by atoms with Crippen LogP contribution < -0.4 is 4.74 Å². The van der Waals surface area contributed by atoms with Gasteiger partial charge in [-0.2, -0.15) is 0 Å². The van der Waals surface area contributed by atoms with Crippen molar-refractivity contribution in [2.24, 2.45) is 16.7 Å². The molecule has 2 fully saturated rings. The molecule has 228 valence electrons. The van der Waals surface area contributed by atoms with Crippen molar-refractivity contribution in [3.8, 4) is 5.75 Å². The first-order chi connectivity index (χ1) is 19.8. The number of ether oxygens (including phenoxy) is 4. The third kappa shape index (κ3) is 8.38. The van der Waals surface area contributed by atoms with Crippen LogP contribution in [0.25, 0.3) is 12.2 Å². The highest BCUT2D eigenvalue weighted by Gasteiger charge is 2.62. The van der Waals surface area contributed by atoms with Crippen molar-refractivity contribution in [1.29, 1.82) is 0 Å². The summed E-state index contributed by atoms with van der Waals surface area (Å²) >= 11 is 0. The van der Waals surface area contributed by atoms with E-state index in [9.17, 15) is 4.79 Å². The average Bonchev–Trinajstić information content (AvgIpc) is 3.28. The zero-order valence-electron chi connectivity index (χ0n) is 26.7. The largest absolute Gasteiger partial charge is 0.488 e. The summed E-state index contributed by atoms with van der Waals surface area (Å²) in [5, 5.41) is 0. The minimum absolute atomic E-state index is 0.0942. The Morgan fingerprint density at radius 1 is 1.05 bits per heavy atom. The molecule has 2 aliphatic carbocycles. The number of carbonyl (C=O) groups is 1. The quantitative estimate of drug-likeness (QED) is 0.110. The summed E-state index contributed by atoms with van der Waals surface area (Å²) in [7, 11) is 0. The van der Waals surface area contributed by atoms with Crippen LogP contribution in [0, 0.1) is 16.7 Å². The summed E-state index contributed by atoms with van der Waals surface area (Å²) in [5.41, 5.74) is 3.56. The van der Waals surface area contributed by atoms with Gasteiger partial charge < -0.3 is 18.9 Å². The minimum atomic E-state index is -0.302. The van der Waals surface area contributed by atoms with Crippen LogP contribution >= 0.6 is 0 Å². The van der Waals surface area contributed by atoms with Crippen LogP contribution in [0.1, 0.15) is 84.4 Å². The van der Waals surface area contributed by atoms with E-state index in [0.29, 0.717) is 17.9 Å². The molecular formula is C37H50O5. The second-order valence-electron chi connectivity index (χ2n) is 12.8. The van der Waals surface area contributed by atoms with Gasteiger partial charge in [0.1, 0.15) is 17.5 Å². The second-order valence-corrected chi connectivity index (χ2v) is 12.8. The van der Waals surface area contributed by atoms with Gasteiger partial charge in [-0.25, -0.2) is 4.79 Å². The minimum Gasteiger partial charge on any atom is -0.488 e. The molecule has 2 saturated carbocycles. The van der Waals surface area contributed by atoms with Crippen molar-refractivity contribution >= 4 is 18.1 Å². The van der Waals surface area contributed by atoms with Gasteiger partial charge >= 0.3 is 5.97 Å². The number of hydrogen-bond acceptors (Lipinski definition) is 5. The smallest absolute Gasteiger partial charge is 0.330 e. The van der Waals surface area contributed by atoms with E-state index in [0.717, 1.165) is 29.7 Å². The lowest BCUT2D eigenvalue weighted by molar-refractivity contribution is -0.150. The van der Waals surface area contributed by atoms with E-state index in [2.05, 4.69) is 72.0 Å². The van der Waals surface area contributed by atoms with Crippen LogP contribution in [-0.4, -0.2) is 30.6 Å². The monoisotopic (exact) mass is 574 g/mol. The van der Waals surface area contributed by atoms with Gasteiger partial charge in [-0.3, -0.25) is 0 Å². The van der Waals surface area contributed by atoms with Gasteiger partial charge in [0, 0.05) is 24.5 Å². The lowest BCUT2D eigenvalue weighted by Crippen LogP contribution is -2.38. The van der Waals surface area contributed by atoms with Gasteiger partial charge in [-0.15, -0.1) is 0 Å². The van der Waals surface area contributed by atoms with Crippen LogP contribution in [0.2, 0.25) is 0 Å². The Labute approximate surface area is 253 Å². The molecule has 0 amide bonds. The van der Waals surface area contributed by atoms with E-state index in [4.69, 9.17) is 18.9 Å². The molecule has 5 heteroatoms. The Balaban J connectivity index is 0.000000271. The number of rotatable bonds is 12. The first-order valence-corrected chi connectivity index (χ1v) is 15.1. The van der Waals surface area contributed by atoms with E-state index in [1.165, 1.54) is 24.5 Å². The molecule has 2 aromatic carbocycles. The van der Waals surface area contributed by atoms with Crippen molar-refractivity contribution in [2.45, 2.75) is 92.1 Å². The normalized spacial score (nSPS) is 23.0. The lowest BCUT2D eigenvalue weighted by atomic mass is 9.70. The van der Waals surface area contributed by atoms with E-state index < -0.39 is 0 Å².